The summed E-state index contributed by atoms with van der Waals surface area (Å²) in [5.74, 6) is -0.246. The number of unbranched alkanes of at least 4 members (excludes halogenated alkanes) is 24. The molecule has 83 heavy (non-hydrogen) atoms. The molecule has 0 saturated carbocycles. The maximum absolute atomic E-state index is 13.4. The predicted octanol–water partition coefficient (Wildman–Crippen LogP) is 7.04. The van der Waals surface area contributed by atoms with Crippen LogP contribution in [-0.2, 0) is 33.2 Å². The maximum Gasteiger partial charge on any atom is 0.220 e. The molecule has 3 aliphatic rings. The summed E-state index contributed by atoms with van der Waals surface area (Å²) in [4.78, 5) is 13.4. The number of carbonyl (C=O) groups excluding carboxylic acids is 1. The zero-order valence-corrected chi connectivity index (χ0v) is 50.7. The fourth-order valence-electron chi connectivity index (χ4n) is 10.9. The molecule has 0 aromatic heterocycles. The molecule has 19 nitrogen and oxygen atoms in total. The quantitative estimate of drug-likeness (QED) is 0.0215. The van der Waals surface area contributed by atoms with Crippen molar-refractivity contribution >= 4 is 5.91 Å². The average molecular weight is 1190 g/mol. The van der Waals surface area contributed by atoms with Gasteiger partial charge < -0.3 is 89.9 Å². The lowest BCUT2D eigenvalue weighted by Gasteiger charge is -2.48. The standard InChI is InChI=1S/C64H115NO18/c1-3-5-7-9-11-13-15-16-17-18-19-20-21-22-23-24-25-26-27-28-29-30-32-34-36-38-40-42-52(70)65-47(48(69)41-39-37-35-33-31-14-12-10-8-6-4-2)46-78-62-58(76)55(73)60(50(44-67)80-62)83-64-59(77)56(74)61(51(45-68)81-64)82-63-57(75)54(72)53(71)49(43-66)79-63/h5,7,11,13,16-17,19-20,47-51,53-64,66-69,71-77H,3-4,6,8-10,12,14-15,18,21-46H2,1-2H3,(H,65,70)/b7-5-,13-11-,17-16-,20-19-. The van der Waals surface area contributed by atoms with Crippen molar-refractivity contribution in [1.82, 2.24) is 5.32 Å². The number of aliphatic hydroxyl groups is 11. The van der Waals surface area contributed by atoms with Gasteiger partial charge in [0.15, 0.2) is 18.9 Å². The molecule has 3 rings (SSSR count). The van der Waals surface area contributed by atoms with Crippen molar-refractivity contribution in [3.05, 3.63) is 48.6 Å². The predicted molar refractivity (Wildman–Crippen MR) is 319 cm³/mol. The minimum Gasteiger partial charge on any atom is -0.394 e. The maximum atomic E-state index is 13.4. The lowest BCUT2D eigenvalue weighted by Crippen LogP contribution is -2.66. The molecule has 0 aliphatic carbocycles. The smallest absolute Gasteiger partial charge is 0.220 e. The molecule has 1 amide bonds. The molecule has 0 radical (unpaired) electrons. The van der Waals surface area contributed by atoms with E-state index in [-0.39, 0.29) is 18.9 Å². The van der Waals surface area contributed by atoms with E-state index in [2.05, 4.69) is 67.8 Å². The Morgan fingerprint density at radius 3 is 1.30 bits per heavy atom. The number of rotatable bonds is 48. The Bertz CT molecular complexity index is 1700. The summed E-state index contributed by atoms with van der Waals surface area (Å²) in [6.45, 7) is 1.66. The number of carbonyl (C=O) groups is 1. The topological polar surface area (TPSA) is 307 Å². The normalized spacial score (nSPS) is 29.7. The molecule has 3 fully saturated rings. The van der Waals surface area contributed by atoms with Crippen molar-refractivity contribution in [1.29, 1.82) is 0 Å². The Balaban J connectivity index is 1.40. The number of ether oxygens (including phenoxy) is 6. The molecule has 484 valence electrons. The van der Waals surface area contributed by atoms with Gasteiger partial charge in [0.05, 0.1) is 38.6 Å². The highest BCUT2D eigenvalue weighted by Crippen LogP contribution is 2.33. The highest BCUT2D eigenvalue weighted by Gasteiger charge is 2.53. The molecule has 17 atom stereocenters. The van der Waals surface area contributed by atoms with Gasteiger partial charge in [-0.3, -0.25) is 4.79 Å². The molecule has 17 unspecified atom stereocenters. The summed E-state index contributed by atoms with van der Waals surface area (Å²) in [6, 6.07) is -0.887. The number of aliphatic hydroxyl groups excluding tert-OH is 11. The van der Waals surface area contributed by atoms with Crippen LogP contribution in [0.25, 0.3) is 0 Å². The summed E-state index contributed by atoms with van der Waals surface area (Å²) < 4.78 is 34.3. The third-order valence-electron chi connectivity index (χ3n) is 16.2. The fourth-order valence-corrected chi connectivity index (χ4v) is 10.9. The fraction of sp³-hybridized carbons (Fsp3) is 0.859. The van der Waals surface area contributed by atoms with E-state index in [0.29, 0.717) is 12.8 Å². The zero-order valence-electron chi connectivity index (χ0n) is 50.7. The van der Waals surface area contributed by atoms with Crippen molar-refractivity contribution in [2.24, 2.45) is 0 Å². The van der Waals surface area contributed by atoms with Crippen LogP contribution >= 0.6 is 0 Å². The second-order valence-corrected chi connectivity index (χ2v) is 23.2. The van der Waals surface area contributed by atoms with Gasteiger partial charge in [-0.05, 0) is 51.4 Å². The van der Waals surface area contributed by atoms with Crippen LogP contribution in [0.1, 0.15) is 219 Å². The van der Waals surface area contributed by atoms with E-state index in [1.165, 1.54) is 116 Å². The van der Waals surface area contributed by atoms with E-state index in [1.54, 1.807) is 0 Å². The molecule has 0 aromatic carbocycles. The zero-order chi connectivity index (χ0) is 60.5. The number of allylic oxidation sites excluding steroid dienone is 8. The van der Waals surface area contributed by atoms with Crippen molar-refractivity contribution < 1.29 is 89.4 Å². The summed E-state index contributed by atoms with van der Waals surface area (Å²) in [7, 11) is 0. The van der Waals surface area contributed by atoms with E-state index in [4.69, 9.17) is 28.4 Å². The number of nitrogens with one attached hydrogen (secondary N) is 1. The van der Waals surface area contributed by atoms with Crippen LogP contribution in [0.15, 0.2) is 48.6 Å². The van der Waals surface area contributed by atoms with E-state index in [1.807, 2.05) is 0 Å². The van der Waals surface area contributed by atoms with E-state index in [9.17, 15) is 61.0 Å². The molecule has 0 aromatic rings. The van der Waals surface area contributed by atoms with Crippen LogP contribution in [0.5, 0.6) is 0 Å². The highest BCUT2D eigenvalue weighted by molar-refractivity contribution is 5.76. The molecule has 3 aliphatic heterocycles. The first kappa shape index (κ1) is 75.0. The van der Waals surface area contributed by atoms with Crippen molar-refractivity contribution in [3.63, 3.8) is 0 Å². The molecule has 0 spiro atoms. The van der Waals surface area contributed by atoms with Gasteiger partial charge in [-0.2, -0.15) is 0 Å². The Morgan fingerprint density at radius 2 is 0.831 bits per heavy atom. The van der Waals surface area contributed by atoms with Gasteiger partial charge >= 0.3 is 0 Å². The first-order chi connectivity index (χ1) is 40.3. The molecular formula is C64H115NO18. The van der Waals surface area contributed by atoms with E-state index >= 15 is 0 Å². The summed E-state index contributed by atoms with van der Waals surface area (Å²) in [6.07, 6.45) is 26.3. The largest absolute Gasteiger partial charge is 0.394 e. The Labute approximate surface area is 497 Å². The Morgan fingerprint density at radius 1 is 0.446 bits per heavy atom. The molecule has 0 bridgehead atoms. The van der Waals surface area contributed by atoms with E-state index in [0.717, 1.165) is 70.6 Å². The number of hydrogen-bond acceptors (Lipinski definition) is 18. The highest BCUT2D eigenvalue weighted by atomic mass is 16.8. The van der Waals surface area contributed by atoms with Gasteiger partial charge in [0.25, 0.3) is 0 Å². The molecular weight excluding hydrogens is 1070 g/mol. The van der Waals surface area contributed by atoms with E-state index < -0.39 is 124 Å². The molecule has 3 saturated heterocycles. The van der Waals surface area contributed by atoms with Gasteiger partial charge in [-0.25, -0.2) is 0 Å². The van der Waals surface area contributed by atoms with Crippen LogP contribution in [0.3, 0.4) is 0 Å². The summed E-state index contributed by atoms with van der Waals surface area (Å²) >= 11 is 0. The van der Waals surface area contributed by atoms with Crippen LogP contribution in [0, 0.1) is 0 Å². The third-order valence-corrected chi connectivity index (χ3v) is 16.2. The van der Waals surface area contributed by atoms with Crippen molar-refractivity contribution in [2.45, 2.75) is 324 Å². The lowest BCUT2D eigenvalue weighted by molar-refractivity contribution is -0.379. The second kappa shape index (κ2) is 46.8. The number of hydrogen-bond donors (Lipinski definition) is 12. The minimum atomic E-state index is -1.97. The third kappa shape index (κ3) is 30.0. The molecule has 3 heterocycles. The van der Waals surface area contributed by atoms with Crippen LogP contribution in [-0.4, -0.2) is 193 Å². The SMILES string of the molecule is CC/C=C\C/C=C\C/C=C\C/C=C\CCCCCCCCCCCCCCCCC(=O)NC(COC1OC(CO)C(OC2OC(CO)C(OC3OC(CO)C(O)C(O)C3O)C(O)C2O)C(O)C1O)C(O)CCCCCCCCCCCCC. The summed E-state index contributed by atoms with van der Waals surface area (Å²) in [5.41, 5.74) is 0. The van der Waals surface area contributed by atoms with Gasteiger partial charge in [0.2, 0.25) is 5.91 Å². The first-order valence-corrected chi connectivity index (χ1v) is 32.4. The monoisotopic (exact) mass is 1190 g/mol. The number of amides is 1. The Hall–Kier alpha value is -2.25. The Kier molecular flexibility index (Phi) is 42.3. The van der Waals surface area contributed by atoms with Crippen molar-refractivity contribution in [3.8, 4) is 0 Å². The minimum absolute atomic E-state index is 0.246. The lowest BCUT2D eigenvalue weighted by atomic mass is 9.96. The first-order valence-electron chi connectivity index (χ1n) is 32.4. The van der Waals surface area contributed by atoms with Crippen molar-refractivity contribution in [2.75, 3.05) is 26.4 Å². The van der Waals surface area contributed by atoms with Gasteiger partial charge in [-0.1, -0.05) is 210 Å². The van der Waals surface area contributed by atoms with Crippen LogP contribution in [0.4, 0.5) is 0 Å². The summed E-state index contributed by atoms with van der Waals surface area (Å²) in [5, 5.41) is 120. The molecule has 19 heteroatoms. The second-order valence-electron chi connectivity index (χ2n) is 23.2. The van der Waals surface area contributed by atoms with Crippen LogP contribution in [0.2, 0.25) is 0 Å². The van der Waals surface area contributed by atoms with Gasteiger partial charge in [0, 0.05) is 6.42 Å². The van der Waals surface area contributed by atoms with Gasteiger partial charge in [-0.15, -0.1) is 0 Å². The molecule has 12 N–H and O–H groups in total. The average Bonchev–Trinajstić information content (AvgIpc) is 3.62. The van der Waals surface area contributed by atoms with Gasteiger partial charge in [0.1, 0.15) is 73.2 Å². The van der Waals surface area contributed by atoms with Crippen LogP contribution < -0.4 is 5.32 Å².